The number of imidazole rings is 1. The highest BCUT2D eigenvalue weighted by Gasteiger charge is 2.37. The molecule has 0 aliphatic heterocycles. The second-order valence-electron chi connectivity index (χ2n) is 7.67. The van der Waals surface area contributed by atoms with Crippen molar-refractivity contribution < 1.29 is 26.3 Å². The minimum atomic E-state index is -4.95. The van der Waals surface area contributed by atoms with Crippen LogP contribution in [0.2, 0.25) is 0 Å². The van der Waals surface area contributed by atoms with Gasteiger partial charge in [0.2, 0.25) is 0 Å². The van der Waals surface area contributed by atoms with Crippen LogP contribution in [0.25, 0.3) is 11.2 Å². The number of halogens is 6. The summed E-state index contributed by atoms with van der Waals surface area (Å²) in [4.78, 5) is 11.1. The highest BCUT2D eigenvalue weighted by Crippen LogP contribution is 2.36. The van der Waals surface area contributed by atoms with E-state index in [0.717, 1.165) is 4.80 Å². The van der Waals surface area contributed by atoms with Crippen LogP contribution in [-0.2, 0) is 39.5 Å². The van der Waals surface area contributed by atoms with Gasteiger partial charge in [-0.25, -0.2) is 9.97 Å². The standard InChI is InChI=1S/C20H17F6N8/c1-11-28-16-6-13(8-27-17(16)32(11)2)10-34(18-29-31-33(3)30-18)9-12-4-14(19(21,22)23)7-15(5-12)20(24,25)26/h4-7H,9-10H2,1-3H3. The molecule has 179 valence electrons. The number of fused-ring (bicyclic) bond motifs is 1. The average Bonchev–Trinajstić information content (AvgIpc) is 3.29. The Morgan fingerprint density at radius 1 is 0.941 bits per heavy atom. The Bertz CT molecular complexity index is 1310. The molecule has 0 saturated heterocycles. The van der Waals surface area contributed by atoms with Crippen molar-refractivity contribution >= 4 is 17.1 Å². The lowest BCUT2D eigenvalue weighted by molar-refractivity contribution is -0.143. The Labute approximate surface area is 188 Å². The predicted molar refractivity (Wildman–Crippen MR) is 107 cm³/mol. The van der Waals surface area contributed by atoms with E-state index in [9.17, 15) is 26.3 Å². The molecule has 0 unspecified atom stereocenters. The lowest BCUT2D eigenvalue weighted by Crippen LogP contribution is -2.24. The highest BCUT2D eigenvalue weighted by atomic mass is 19.4. The lowest BCUT2D eigenvalue weighted by Gasteiger charge is -2.22. The van der Waals surface area contributed by atoms with E-state index in [0.29, 0.717) is 34.7 Å². The van der Waals surface area contributed by atoms with Gasteiger partial charge in [-0.1, -0.05) is 5.10 Å². The number of rotatable bonds is 5. The summed E-state index contributed by atoms with van der Waals surface area (Å²) < 4.78 is 81.5. The molecule has 1 radical (unpaired) electrons. The molecule has 0 saturated carbocycles. The van der Waals surface area contributed by atoms with Crippen LogP contribution in [0.3, 0.4) is 0 Å². The number of hydrogen-bond acceptors (Lipinski definition) is 6. The fourth-order valence-electron chi connectivity index (χ4n) is 3.39. The normalized spacial score (nSPS) is 12.5. The first-order valence-electron chi connectivity index (χ1n) is 9.79. The third-order valence-electron chi connectivity index (χ3n) is 5.09. The third kappa shape index (κ3) is 4.79. The Kier molecular flexibility index (Phi) is 5.69. The second-order valence-corrected chi connectivity index (χ2v) is 7.67. The van der Waals surface area contributed by atoms with E-state index in [1.165, 1.54) is 11.9 Å². The second kappa shape index (κ2) is 8.25. The van der Waals surface area contributed by atoms with Crippen LogP contribution in [0.1, 0.15) is 28.1 Å². The van der Waals surface area contributed by atoms with Crippen molar-refractivity contribution in [3.05, 3.63) is 58.5 Å². The first kappa shape index (κ1) is 23.4. The van der Waals surface area contributed by atoms with Crippen LogP contribution in [0.5, 0.6) is 0 Å². The molecule has 0 fully saturated rings. The molecule has 0 amide bonds. The SMILES string of the molecule is Cc1nc2cc(CN(Cc3cc(C(F)(F)F)cc(C(F)(F)F)c3)c3nnn(C)n3)[c]nc2n1C. The molecule has 8 nitrogen and oxygen atoms in total. The molecular formula is C20H17F6N8. The van der Waals surface area contributed by atoms with Gasteiger partial charge >= 0.3 is 12.4 Å². The molecule has 1 aromatic carbocycles. The van der Waals surface area contributed by atoms with Crippen LogP contribution in [0.4, 0.5) is 32.3 Å². The van der Waals surface area contributed by atoms with Crippen molar-refractivity contribution in [1.82, 2.24) is 34.7 Å². The number of nitrogens with zero attached hydrogens (tertiary/aromatic N) is 8. The van der Waals surface area contributed by atoms with Gasteiger partial charge in [-0.15, -0.1) is 5.10 Å². The number of hydrogen-bond donors (Lipinski definition) is 0. The molecule has 0 aliphatic rings. The van der Waals surface area contributed by atoms with Gasteiger partial charge in [0.25, 0.3) is 5.95 Å². The number of aryl methyl sites for hydroxylation is 3. The minimum absolute atomic E-state index is 0.0121. The predicted octanol–water partition coefficient (Wildman–Crippen LogP) is 3.84. The van der Waals surface area contributed by atoms with Gasteiger partial charge in [-0.05, 0) is 42.0 Å². The first-order valence-corrected chi connectivity index (χ1v) is 9.79. The molecule has 0 bridgehead atoms. The largest absolute Gasteiger partial charge is 0.416 e. The smallest absolute Gasteiger partial charge is 0.329 e. The summed E-state index contributed by atoms with van der Waals surface area (Å²) in [6.07, 6.45) is -7.07. The van der Waals surface area contributed by atoms with Crippen molar-refractivity contribution in [1.29, 1.82) is 0 Å². The maximum Gasteiger partial charge on any atom is 0.416 e. The molecule has 4 aromatic rings. The van der Waals surface area contributed by atoms with Gasteiger partial charge < -0.3 is 9.47 Å². The van der Waals surface area contributed by atoms with E-state index >= 15 is 0 Å². The number of alkyl halides is 6. The highest BCUT2D eigenvalue weighted by molar-refractivity contribution is 5.72. The fourth-order valence-corrected chi connectivity index (χ4v) is 3.39. The lowest BCUT2D eigenvalue weighted by atomic mass is 10.0. The zero-order chi connectivity index (χ0) is 24.8. The number of aromatic nitrogens is 7. The summed E-state index contributed by atoms with van der Waals surface area (Å²) in [5.41, 5.74) is -1.39. The fraction of sp³-hybridized carbons (Fsp3) is 0.350. The molecule has 3 aromatic heterocycles. The molecule has 14 heteroatoms. The Balaban J connectivity index is 1.73. The average molecular weight is 483 g/mol. The molecule has 0 spiro atoms. The summed E-state index contributed by atoms with van der Waals surface area (Å²) in [6.45, 7) is 1.43. The molecular weight excluding hydrogens is 466 g/mol. The zero-order valence-electron chi connectivity index (χ0n) is 18.1. The maximum atomic E-state index is 13.3. The molecule has 3 heterocycles. The van der Waals surface area contributed by atoms with E-state index in [1.807, 2.05) is 0 Å². The molecule has 0 atom stereocenters. The van der Waals surface area contributed by atoms with Crippen LogP contribution in [0, 0.1) is 13.1 Å². The summed E-state index contributed by atoms with van der Waals surface area (Å²) >= 11 is 0. The van der Waals surface area contributed by atoms with Crippen molar-refractivity contribution in [2.45, 2.75) is 32.4 Å². The summed E-state index contributed by atoms with van der Waals surface area (Å²) in [7, 11) is 3.27. The quantitative estimate of drug-likeness (QED) is 0.402. The summed E-state index contributed by atoms with van der Waals surface area (Å²) in [5, 5.41) is 11.6. The summed E-state index contributed by atoms with van der Waals surface area (Å²) in [6, 6.07) is 3.12. The van der Waals surface area contributed by atoms with Crippen molar-refractivity contribution in [2.75, 3.05) is 4.90 Å². The molecule has 0 aliphatic carbocycles. The van der Waals surface area contributed by atoms with Gasteiger partial charge in [0.15, 0.2) is 5.65 Å². The Morgan fingerprint density at radius 2 is 1.59 bits per heavy atom. The number of pyridine rings is 1. The van der Waals surface area contributed by atoms with Gasteiger partial charge in [-0.3, -0.25) is 0 Å². The number of benzene rings is 1. The summed E-state index contributed by atoms with van der Waals surface area (Å²) in [5.74, 6) is 0.725. The van der Waals surface area contributed by atoms with E-state index in [1.54, 1.807) is 24.6 Å². The van der Waals surface area contributed by atoms with E-state index in [2.05, 4.69) is 31.6 Å². The van der Waals surface area contributed by atoms with Gasteiger partial charge in [0, 0.05) is 25.7 Å². The van der Waals surface area contributed by atoms with Crippen molar-refractivity contribution in [2.24, 2.45) is 14.1 Å². The number of tetrazole rings is 1. The van der Waals surface area contributed by atoms with Gasteiger partial charge in [0.1, 0.15) is 11.3 Å². The number of anilines is 1. The third-order valence-corrected chi connectivity index (χ3v) is 5.09. The van der Waals surface area contributed by atoms with Crippen molar-refractivity contribution in [3.63, 3.8) is 0 Å². The van der Waals surface area contributed by atoms with Gasteiger partial charge in [0.05, 0.1) is 24.4 Å². The van der Waals surface area contributed by atoms with E-state index < -0.39 is 23.5 Å². The topological polar surface area (TPSA) is 77.6 Å². The van der Waals surface area contributed by atoms with E-state index in [4.69, 9.17) is 0 Å². The van der Waals surface area contributed by atoms with Crippen LogP contribution in [0.15, 0.2) is 24.3 Å². The molecule has 0 N–H and O–H groups in total. The molecule has 4 rings (SSSR count). The van der Waals surface area contributed by atoms with Crippen molar-refractivity contribution in [3.8, 4) is 0 Å². The van der Waals surface area contributed by atoms with E-state index in [-0.39, 0.29) is 30.7 Å². The van der Waals surface area contributed by atoms with Crippen LogP contribution in [-0.4, -0.2) is 34.7 Å². The van der Waals surface area contributed by atoms with Crippen LogP contribution < -0.4 is 4.90 Å². The monoisotopic (exact) mass is 483 g/mol. The van der Waals surface area contributed by atoms with Crippen LogP contribution >= 0.6 is 0 Å². The zero-order valence-corrected chi connectivity index (χ0v) is 18.1. The molecule has 34 heavy (non-hydrogen) atoms. The first-order chi connectivity index (χ1) is 15.8. The Hall–Kier alpha value is -3.71. The maximum absolute atomic E-state index is 13.3. The Morgan fingerprint density at radius 3 is 2.15 bits per heavy atom. The minimum Gasteiger partial charge on any atom is -0.329 e. The van der Waals surface area contributed by atoms with Gasteiger partial charge in [-0.2, -0.15) is 31.1 Å².